The molecule has 3 heterocycles. The van der Waals surface area contributed by atoms with E-state index < -0.39 is 0 Å². The SMILES string of the molecule is C=C(Nc1ccc2ccc(C3=C4CN(CCF)CC[C@@H]4C=C3)nc2c1)c1ccc(N2CCN(C)CC2)cc1. The highest BCUT2D eigenvalue weighted by atomic mass is 19.1. The summed E-state index contributed by atoms with van der Waals surface area (Å²) in [5.41, 5.74) is 8.70. The monoisotopic (exact) mass is 509 g/mol. The van der Waals surface area contributed by atoms with E-state index in [4.69, 9.17) is 4.98 Å². The lowest BCUT2D eigenvalue weighted by atomic mass is 9.91. The van der Waals surface area contributed by atoms with Crippen molar-refractivity contribution in [2.45, 2.75) is 6.42 Å². The molecule has 0 spiro atoms. The van der Waals surface area contributed by atoms with Crippen molar-refractivity contribution in [3.05, 3.63) is 90.2 Å². The van der Waals surface area contributed by atoms with Gasteiger partial charge in [-0.3, -0.25) is 4.90 Å². The number of alkyl halides is 1. The Hall–Kier alpha value is -3.48. The predicted molar refractivity (Wildman–Crippen MR) is 157 cm³/mol. The first-order chi connectivity index (χ1) is 18.6. The van der Waals surface area contributed by atoms with Crippen LogP contribution in [-0.4, -0.2) is 74.3 Å². The van der Waals surface area contributed by atoms with Crippen LogP contribution in [0.15, 0.2) is 78.9 Å². The zero-order valence-electron chi connectivity index (χ0n) is 22.2. The number of rotatable bonds is 7. The number of piperazine rings is 1. The highest BCUT2D eigenvalue weighted by Gasteiger charge is 2.28. The Balaban J connectivity index is 1.18. The molecule has 2 fully saturated rings. The van der Waals surface area contributed by atoms with Crippen LogP contribution in [0.5, 0.6) is 0 Å². The molecule has 0 bridgehead atoms. The van der Waals surface area contributed by atoms with Gasteiger partial charge in [-0.15, -0.1) is 0 Å². The second kappa shape index (κ2) is 10.7. The number of nitrogens with zero attached hydrogens (tertiary/aromatic N) is 4. The van der Waals surface area contributed by atoms with Crippen LogP contribution >= 0.6 is 0 Å². The first-order valence-corrected chi connectivity index (χ1v) is 13.7. The summed E-state index contributed by atoms with van der Waals surface area (Å²) in [6.45, 7) is 10.6. The van der Waals surface area contributed by atoms with E-state index in [-0.39, 0.29) is 6.67 Å². The van der Waals surface area contributed by atoms with Gasteiger partial charge in [-0.2, -0.15) is 0 Å². The third-order valence-electron chi connectivity index (χ3n) is 8.19. The molecule has 196 valence electrons. The number of allylic oxidation sites excluding steroid dienone is 3. The summed E-state index contributed by atoms with van der Waals surface area (Å²) in [7, 11) is 2.18. The Morgan fingerprint density at radius 3 is 2.61 bits per heavy atom. The molecule has 3 aromatic rings. The molecule has 6 heteroatoms. The first-order valence-electron chi connectivity index (χ1n) is 13.7. The van der Waals surface area contributed by atoms with Crippen molar-refractivity contribution in [1.29, 1.82) is 0 Å². The van der Waals surface area contributed by atoms with E-state index >= 15 is 0 Å². The molecule has 3 aliphatic rings. The fourth-order valence-corrected chi connectivity index (χ4v) is 5.84. The molecule has 1 atom stereocenters. The van der Waals surface area contributed by atoms with Gasteiger partial charge >= 0.3 is 0 Å². The summed E-state index contributed by atoms with van der Waals surface area (Å²) in [4.78, 5) is 12.1. The molecular weight excluding hydrogens is 473 g/mol. The molecule has 1 aliphatic carbocycles. The molecule has 5 nitrogen and oxygen atoms in total. The van der Waals surface area contributed by atoms with Gasteiger partial charge in [-0.1, -0.05) is 43.0 Å². The lowest BCUT2D eigenvalue weighted by Crippen LogP contribution is -2.44. The minimum Gasteiger partial charge on any atom is -0.369 e. The summed E-state index contributed by atoms with van der Waals surface area (Å²) in [5, 5.41) is 4.59. The summed E-state index contributed by atoms with van der Waals surface area (Å²) in [6, 6.07) is 19.2. The van der Waals surface area contributed by atoms with Crippen LogP contribution in [0.2, 0.25) is 0 Å². The zero-order valence-corrected chi connectivity index (χ0v) is 22.2. The number of anilines is 2. The summed E-state index contributed by atoms with van der Waals surface area (Å²) in [5.74, 6) is 0.456. The highest BCUT2D eigenvalue weighted by molar-refractivity contribution is 5.88. The number of piperidine rings is 1. The summed E-state index contributed by atoms with van der Waals surface area (Å²) in [6.07, 6.45) is 5.55. The summed E-state index contributed by atoms with van der Waals surface area (Å²) >= 11 is 0. The maximum atomic E-state index is 13.0. The third kappa shape index (κ3) is 5.11. The first kappa shape index (κ1) is 24.8. The Morgan fingerprint density at radius 2 is 1.82 bits per heavy atom. The average Bonchev–Trinajstić information content (AvgIpc) is 3.37. The number of pyridine rings is 1. The van der Waals surface area contributed by atoms with E-state index in [9.17, 15) is 4.39 Å². The number of likely N-dealkylation sites (N-methyl/N-ethyl adjacent to an activating group) is 1. The zero-order chi connectivity index (χ0) is 26.1. The molecule has 0 saturated carbocycles. The van der Waals surface area contributed by atoms with E-state index in [1.807, 2.05) is 0 Å². The number of likely N-dealkylation sites (tertiary alicyclic amines) is 1. The number of nitrogens with one attached hydrogen (secondary N) is 1. The average molecular weight is 510 g/mol. The van der Waals surface area contributed by atoms with Gasteiger partial charge in [0.2, 0.25) is 0 Å². The van der Waals surface area contributed by atoms with Crippen LogP contribution in [0.3, 0.4) is 0 Å². The van der Waals surface area contributed by atoms with Crippen molar-refractivity contribution < 1.29 is 4.39 Å². The highest BCUT2D eigenvalue weighted by Crippen LogP contribution is 2.37. The van der Waals surface area contributed by atoms with Crippen LogP contribution in [-0.2, 0) is 0 Å². The molecule has 0 amide bonds. The molecule has 0 radical (unpaired) electrons. The van der Waals surface area contributed by atoms with Gasteiger partial charge in [0.15, 0.2) is 0 Å². The van der Waals surface area contributed by atoms with Crippen molar-refractivity contribution in [3.63, 3.8) is 0 Å². The van der Waals surface area contributed by atoms with Crippen LogP contribution in [0.25, 0.3) is 22.2 Å². The van der Waals surface area contributed by atoms with E-state index in [2.05, 4.69) is 100 Å². The molecule has 6 rings (SSSR count). The molecule has 38 heavy (non-hydrogen) atoms. The largest absolute Gasteiger partial charge is 0.369 e. The minimum atomic E-state index is -0.295. The fourth-order valence-electron chi connectivity index (χ4n) is 5.84. The summed E-state index contributed by atoms with van der Waals surface area (Å²) < 4.78 is 13.0. The number of hydrogen-bond acceptors (Lipinski definition) is 5. The van der Waals surface area contributed by atoms with E-state index in [1.165, 1.54) is 16.8 Å². The van der Waals surface area contributed by atoms with Gasteiger partial charge in [-0.25, -0.2) is 9.37 Å². The minimum absolute atomic E-state index is 0.295. The molecule has 1 N–H and O–H groups in total. The van der Waals surface area contributed by atoms with E-state index in [0.29, 0.717) is 12.5 Å². The number of benzene rings is 2. The van der Waals surface area contributed by atoms with Gasteiger partial charge < -0.3 is 15.1 Å². The van der Waals surface area contributed by atoms with Gasteiger partial charge in [0.05, 0.1) is 11.2 Å². The Labute approximate surface area is 225 Å². The van der Waals surface area contributed by atoms with Crippen LogP contribution < -0.4 is 10.2 Å². The van der Waals surface area contributed by atoms with Crippen molar-refractivity contribution in [1.82, 2.24) is 14.8 Å². The second-order valence-corrected chi connectivity index (χ2v) is 10.7. The standard InChI is InChI=1S/C32H36FN5/c1-23(24-4-9-28(10-5-24)38-19-17-36(2)18-20-38)34-27-8-3-26-7-12-31(35-32(26)21-27)29-11-6-25-13-15-37(16-14-33)22-30(25)29/h3-12,21,25,34H,1,13-20,22H2,2H3/t25-/m0/s1. The van der Waals surface area contributed by atoms with Crippen LogP contribution in [0, 0.1) is 5.92 Å². The predicted octanol–water partition coefficient (Wildman–Crippen LogP) is 5.68. The molecule has 0 unspecified atom stereocenters. The van der Waals surface area contributed by atoms with Crippen molar-refractivity contribution in [2.75, 3.05) is 69.8 Å². The number of hydrogen-bond donors (Lipinski definition) is 1. The molecule has 1 aromatic heterocycles. The van der Waals surface area contributed by atoms with Gasteiger partial charge in [0.1, 0.15) is 6.67 Å². The van der Waals surface area contributed by atoms with Crippen LogP contribution in [0.1, 0.15) is 17.7 Å². The lowest BCUT2D eigenvalue weighted by molar-refractivity contribution is 0.229. The fraction of sp³-hybridized carbons (Fsp3) is 0.344. The normalized spacial score (nSPS) is 20.3. The van der Waals surface area contributed by atoms with Gasteiger partial charge in [-0.05, 0) is 61.5 Å². The molecule has 2 aromatic carbocycles. The Bertz CT molecular complexity index is 1380. The topological polar surface area (TPSA) is 34.6 Å². The molecular formula is C32H36FN5. The van der Waals surface area contributed by atoms with E-state index in [1.54, 1.807) is 0 Å². The maximum Gasteiger partial charge on any atom is 0.102 e. The molecule has 2 saturated heterocycles. The van der Waals surface area contributed by atoms with Gasteiger partial charge in [0.25, 0.3) is 0 Å². The second-order valence-electron chi connectivity index (χ2n) is 10.7. The number of fused-ring (bicyclic) bond motifs is 2. The van der Waals surface area contributed by atoms with Gasteiger partial charge in [0, 0.05) is 73.2 Å². The lowest BCUT2D eigenvalue weighted by Gasteiger charge is -2.34. The quantitative estimate of drug-likeness (QED) is 0.443. The number of aromatic nitrogens is 1. The molecule has 2 aliphatic heterocycles. The van der Waals surface area contributed by atoms with Crippen molar-refractivity contribution >= 4 is 33.5 Å². The van der Waals surface area contributed by atoms with Crippen LogP contribution in [0.4, 0.5) is 15.8 Å². The van der Waals surface area contributed by atoms with Crippen molar-refractivity contribution in [3.8, 4) is 0 Å². The smallest absolute Gasteiger partial charge is 0.102 e. The Kier molecular flexibility index (Phi) is 7.00. The number of halogens is 1. The maximum absolute atomic E-state index is 13.0. The van der Waals surface area contributed by atoms with E-state index in [0.717, 1.165) is 79.2 Å². The third-order valence-corrected chi connectivity index (χ3v) is 8.19. The Morgan fingerprint density at radius 1 is 1.03 bits per heavy atom. The van der Waals surface area contributed by atoms with Crippen molar-refractivity contribution in [2.24, 2.45) is 5.92 Å².